The summed E-state index contributed by atoms with van der Waals surface area (Å²) < 4.78 is 0. The molecule has 1 aromatic carbocycles. The highest BCUT2D eigenvalue weighted by Gasteiger charge is 2.26. The van der Waals surface area contributed by atoms with E-state index < -0.39 is 5.54 Å². The van der Waals surface area contributed by atoms with Crippen molar-refractivity contribution in [3.05, 3.63) is 34.4 Å². The van der Waals surface area contributed by atoms with Crippen molar-refractivity contribution in [1.29, 1.82) is 0 Å². The number of rotatable bonds is 3. The lowest BCUT2D eigenvalue weighted by molar-refractivity contribution is 0.0902. The lowest BCUT2D eigenvalue weighted by atomic mass is 9.94. The van der Waals surface area contributed by atoms with Crippen LogP contribution in [-0.4, -0.2) is 17.5 Å². The molecule has 3 heteroatoms. The van der Waals surface area contributed by atoms with E-state index >= 15 is 0 Å². The van der Waals surface area contributed by atoms with Gasteiger partial charge in [-0.05, 0) is 52.7 Å². The third kappa shape index (κ3) is 3.10. The van der Waals surface area contributed by atoms with Crippen LogP contribution in [0, 0.1) is 20.8 Å². The zero-order chi connectivity index (χ0) is 14.1. The minimum atomic E-state index is -0.416. The molecule has 0 saturated carbocycles. The standard InChI is InChI=1S/C15H24N2O/c1-9-7-10(2)13(11(3)8-9)14(18)17-15(5,6)12(4)16/h7-8,12H,16H2,1-6H3,(H,17,18). The van der Waals surface area contributed by atoms with Crippen molar-refractivity contribution in [2.24, 2.45) is 5.73 Å². The second-order valence-corrected chi connectivity index (χ2v) is 5.74. The maximum absolute atomic E-state index is 12.4. The van der Waals surface area contributed by atoms with E-state index in [0.717, 1.165) is 16.7 Å². The molecule has 0 bridgehead atoms. The summed E-state index contributed by atoms with van der Waals surface area (Å²) in [6.07, 6.45) is 0. The van der Waals surface area contributed by atoms with Crippen LogP contribution < -0.4 is 11.1 Å². The monoisotopic (exact) mass is 248 g/mol. The molecule has 0 aliphatic carbocycles. The first-order valence-corrected chi connectivity index (χ1v) is 6.31. The number of hydrogen-bond donors (Lipinski definition) is 2. The number of nitrogens with two attached hydrogens (primary N) is 1. The van der Waals surface area contributed by atoms with Crippen molar-refractivity contribution >= 4 is 5.91 Å². The summed E-state index contributed by atoms with van der Waals surface area (Å²) in [6.45, 7) is 11.7. The van der Waals surface area contributed by atoms with Gasteiger partial charge < -0.3 is 11.1 Å². The maximum Gasteiger partial charge on any atom is 0.252 e. The number of benzene rings is 1. The highest BCUT2D eigenvalue weighted by Crippen LogP contribution is 2.18. The van der Waals surface area contributed by atoms with Crippen LogP contribution in [0.3, 0.4) is 0 Å². The highest BCUT2D eigenvalue weighted by molar-refractivity contribution is 5.97. The van der Waals surface area contributed by atoms with E-state index in [4.69, 9.17) is 5.73 Å². The normalized spacial score (nSPS) is 13.3. The zero-order valence-electron chi connectivity index (χ0n) is 12.2. The molecule has 1 rings (SSSR count). The highest BCUT2D eigenvalue weighted by atomic mass is 16.1. The van der Waals surface area contributed by atoms with Crippen LogP contribution in [0.25, 0.3) is 0 Å². The largest absolute Gasteiger partial charge is 0.346 e. The Morgan fingerprint density at radius 3 is 2.06 bits per heavy atom. The minimum absolute atomic E-state index is 0.0488. The third-order valence-electron chi connectivity index (χ3n) is 3.48. The SMILES string of the molecule is Cc1cc(C)c(C(=O)NC(C)(C)C(C)N)c(C)c1. The number of amides is 1. The number of aryl methyl sites for hydroxylation is 3. The fraction of sp³-hybridized carbons (Fsp3) is 0.533. The van der Waals surface area contributed by atoms with Crippen LogP contribution >= 0.6 is 0 Å². The molecule has 3 nitrogen and oxygen atoms in total. The zero-order valence-corrected chi connectivity index (χ0v) is 12.2. The molecule has 0 aliphatic heterocycles. The maximum atomic E-state index is 12.4. The summed E-state index contributed by atoms with van der Waals surface area (Å²) in [5.74, 6) is -0.0488. The molecule has 3 N–H and O–H groups in total. The van der Waals surface area contributed by atoms with Gasteiger partial charge in [0.15, 0.2) is 0 Å². The molecule has 0 aromatic heterocycles. The van der Waals surface area contributed by atoms with Crippen LogP contribution in [0.2, 0.25) is 0 Å². The molecule has 1 aromatic rings. The summed E-state index contributed by atoms with van der Waals surface area (Å²) in [6, 6.07) is 3.95. The average Bonchev–Trinajstić information content (AvgIpc) is 2.13. The van der Waals surface area contributed by atoms with E-state index in [0.29, 0.717) is 0 Å². The Morgan fingerprint density at radius 2 is 1.67 bits per heavy atom. The van der Waals surface area contributed by atoms with E-state index in [1.165, 1.54) is 5.56 Å². The van der Waals surface area contributed by atoms with Gasteiger partial charge in [-0.3, -0.25) is 4.79 Å². The smallest absolute Gasteiger partial charge is 0.252 e. The first-order chi connectivity index (χ1) is 8.15. The quantitative estimate of drug-likeness (QED) is 0.863. The molecule has 100 valence electrons. The lowest BCUT2D eigenvalue weighted by Gasteiger charge is -2.30. The van der Waals surface area contributed by atoms with Crippen LogP contribution in [0.5, 0.6) is 0 Å². The predicted octanol–water partition coefficient (Wildman–Crippen LogP) is 2.47. The third-order valence-corrected chi connectivity index (χ3v) is 3.48. The van der Waals surface area contributed by atoms with Gasteiger partial charge in [0.25, 0.3) is 5.91 Å². The molecular formula is C15H24N2O. The molecule has 0 spiro atoms. The van der Waals surface area contributed by atoms with Crippen molar-refractivity contribution < 1.29 is 4.79 Å². The summed E-state index contributed by atoms with van der Waals surface area (Å²) in [7, 11) is 0. The topological polar surface area (TPSA) is 55.1 Å². The van der Waals surface area contributed by atoms with Crippen LogP contribution in [-0.2, 0) is 0 Å². The van der Waals surface area contributed by atoms with Crippen molar-refractivity contribution in [3.8, 4) is 0 Å². The van der Waals surface area contributed by atoms with Crippen molar-refractivity contribution in [1.82, 2.24) is 5.32 Å². The summed E-state index contributed by atoms with van der Waals surface area (Å²) in [5.41, 5.74) is 9.41. The second kappa shape index (κ2) is 5.11. The van der Waals surface area contributed by atoms with Gasteiger partial charge in [0, 0.05) is 17.1 Å². The molecule has 1 atom stereocenters. The van der Waals surface area contributed by atoms with Crippen molar-refractivity contribution in [3.63, 3.8) is 0 Å². The van der Waals surface area contributed by atoms with Crippen LogP contribution in [0.1, 0.15) is 47.8 Å². The molecule has 0 fully saturated rings. The Hall–Kier alpha value is -1.35. The van der Waals surface area contributed by atoms with Gasteiger partial charge in [0.2, 0.25) is 0 Å². The molecule has 0 radical (unpaired) electrons. The molecule has 0 saturated heterocycles. The summed E-state index contributed by atoms with van der Waals surface area (Å²) >= 11 is 0. The van der Waals surface area contributed by atoms with Crippen molar-refractivity contribution in [2.45, 2.75) is 53.1 Å². The van der Waals surface area contributed by atoms with Gasteiger partial charge in [-0.25, -0.2) is 0 Å². The van der Waals surface area contributed by atoms with Crippen molar-refractivity contribution in [2.75, 3.05) is 0 Å². The van der Waals surface area contributed by atoms with Crippen LogP contribution in [0.15, 0.2) is 12.1 Å². The molecular weight excluding hydrogens is 224 g/mol. The first kappa shape index (κ1) is 14.7. The van der Waals surface area contributed by atoms with E-state index in [2.05, 4.69) is 5.32 Å². The second-order valence-electron chi connectivity index (χ2n) is 5.74. The molecule has 0 heterocycles. The Balaban J connectivity index is 3.06. The fourth-order valence-electron chi connectivity index (χ4n) is 2.01. The van der Waals surface area contributed by atoms with Gasteiger partial charge >= 0.3 is 0 Å². The number of carbonyl (C=O) groups is 1. The Labute approximate surface area is 110 Å². The Kier molecular flexibility index (Phi) is 4.17. The van der Waals surface area contributed by atoms with Gasteiger partial charge in [-0.15, -0.1) is 0 Å². The number of nitrogens with one attached hydrogen (secondary N) is 1. The number of hydrogen-bond acceptors (Lipinski definition) is 2. The van der Waals surface area contributed by atoms with E-state index in [9.17, 15) is 4.79 Å². The Morgan fingerprint density at radius 1 is 1.22 bits per heavy atom. The first-order valence-electron chi connectivity index (χ1n) is 6.31. The summed E-state index contributed by atoms with van der Waals surface area (Å²) in [5, 5.41) is 3.01. The van der Waals surface area contributed by atoms with E-state index in [1.54, 1.807) is 0 Å². The predicted molar refractivity (Wildman–Crippen MR) is 75.8 cm³/mol. The molecule has 1 unspecified atom stereocenters. The molecule has 18 heavy (non-hydrogen) atoms. The van der Waals surface area contributed by atoms with E-state index in [1.807, 2.05) is 53.7 Å². The van der Waals surface area contributed by atoms with Gasteiger partial charge in [0.05, 0.1) is 0 Å². The lowest BCUT2D eigenvalue weighted by Crippen LogP contribution is -2.54. The van der Waals surface area contributed by atoms with E-state index in [-0.39, 0.29) is 11.9 Å². The van der Waals surface area contributed by atoms with Gasteiger partial charge in [-0.1, -0.05) is 17.7 Å². The Bertz CT molecular complexity index is 439. The van der Waals surface area contributed by atoms with Crippen LogP contribution in [0.4, 0.5) is 0 Å². The van der Waals surface area contributed by atoms with Gasteiger partial charge in [0.1, 0.15) is 0 Å². The number of carbonyl (C=O) groups excluding carboxylic acids is 1. The molecule has 0 aliphatic rings. The van der Waals surface area contributed by atoms with Gasteiger partial charge in [-0.2, -0.15) is 0 Å². The minimum Gasteiger partial charge on any atom is -0.346 e. The average molecular weight is 248 g/mol. The fourth-order valence-corrected chi connectivity index (χ4v) is 2.01. The summed E-state index contributed by atoms with van der Waals surface area (Å²) in [4.78, 5) is 12.4. The molecule has 1 amide bonds.